The maximum atomic E-state index is 6.12. The topological polar surface area (TPSA) is 23.4 Å². The lowest BCUT2D eigenvalue weighted by Gasteiger charge is -2.21. The van der Waals surface area contributed by atoms with Gasteiger partial charge in [-0.3, -0.25) is 0 Å². The molecule has 0 aliphatic carbocycles. The van der Waals surface area contributed by atoms with Crippen LogP contribution in [0.15, 0.2) is 42.5 Å². The lowest BCUT2D eigenvalue weighted by Crippen LogP contribution is -2.22. The van der Waals surface area contributed by atoms with E-state index in [0.717, 1.165) is 24.5 Å². The Kier molecular flexibility index (Phi) is 4.99. The van der Waals surface area contributed by atoms with Crippen molar-refractivity contribution in [2.75, 3.05) is 7.11 Å². The van der Waals surface area contributed by atoms with E-state index in [1.807, 2.05) is 12.1 Å². The zero-order valence-corrected chi connectivity index (χ0v) is 16.7. The molecule has 0 amide bonds. The van der Waals surface area contributed by atoms with Gasteiger partial charge in [0.1, 0.15) is 17.1 Å². The number of hydrogen-bond donors (Lipinski definition) is 0. The van der Waals surface area contributed by atoms with E-state index in [4.69, 9.17) is 9.47 Å². The molecule has 0 radical (unpaired) electrons. The monoisotopic (exact) mass is 351 g/mol. The highest BCUT2D eigenvalue weighted by molar-refractivity contribution is 5.99. The highest BCUT2D eigenvalue weighted by Crippen LogP contribution is 2.37. The van der Waals surface area contributed by atoms with E-state index in [1.165, 1.54) is 27.7 Å². The van der Waals surface area contributed by atoms with E-state index < -0.39 is 0 Å². The molecule has 2 aromatic carbocycles. The van der Waals surface area contributed by atoms with E-state index >= 15 is 0 Å². The number of aryl methyl sites for hydroxylation is 1. The molecule has 0 atom stereocenters. The highest BCUT2D eigenvalue weighted by atomic mass is 16.5. The fourth-order valence-corrected chi connectivity index (χ4v) is 3.51. The number of hydrogen-bond acceptors (Lipinski definition) is 2. The lowest BCUT2D eigenvalue weighted by atomic mass is 10.0. The third kappa shape index (κ3) is 3.57. The van der Waals surface area contributed by atoms with Crippen molar-refractivity contribution in [1.29, 1.82) is 0 Å². The Hall–Kier alpha value is -2.42. The number of nitrogens with zero attached hydrogens (tertiary/aromatic N) is 1. The number of benzene rings is 2. The summed E-state index contributed by atoms with van der Waals surface area (Å²) in [6.45, 7) is 11.7. The van der Waals surface area contributed by atoms with Crippen molar-refractivity contribution < 1.29 is 9.47 Å². The molecule has 0 unspecified atom stereocenters. The quantitative estimate of drug-likeness (QED) is 0.545. The molecular formula is C23H29NO2. The van der Waals surface area contributed by atoms with Gasteiger partial charge in [0.15, 0.2) is 0 Å². The summed E-state index contributed by atoms with van der Waals surface area (Å²) < 4.78 is 13.8. The van der Waals surface area contributed by atoms with Crippen molar-refractivity contribution in [2.24, 2.45) is 0 Å². The molecule has 0 saturated carbocycles. The number of rotatable bonds is 5. The van der Waals surface area contributed by atoms with Crippen molar-refractivity contribution >= 4 is 10.9 Å². The third-order valence-corrected chi connectivity index (χ3v) is 4.54. The summed E-state index contributed by atoms with van der Waals surface area (Å²) in [6.07, 6.45) is 1.10. The standard InChI is InChI=1S/C23H29NO2/c1-7-14-24-16(2)22(17-8-10-18(25-6)11-9-17)20-15-19(12-13-21(20)24)26-23(3,4)5/h8-13,15H,7,14H2,1-6H3. The lowest BCUT2D eigenvalue weighted by molar-refractivity contribution is 0.131. The van der Waals surface area contributed by atoms with Crippen molar-refractivity contribution in [1.82, 2.24) is 4.57 Å². The minimum absolute atomic E-state index is 0.213. The van der Waals surface area contributed by atoms with Gasteiger partial charge in [0.2, 0.25) is 0 Å². The second-order valence-electron chi connectivity index (χ2n) is 7.73. The molecule has 3 nitrogen and oxygen atoms in total. The van der Waals surface area contributed by atoms with Crippen LogP contribution in [0.1, 0.15) is 39.8 Å². The van der Waals surface area contributed by atoms with Gasteiger partial charge in [-0.25, -0.2) is 0 Å². The Bertz CT molecular complexity index is 899. The number of ether oxygens (including phenoxy) is 2. The molecule has 1 heterocycles. The van der Waals surface area contributed by atoms with Crippen LogP contribution in [0.25, 0.3) is 22.0 Å². The smallest absolute Gasteiger partial charge is 0.120 e. The molecule has 0 bridgehead atoms. The van der Waals surface area contributed by atoms with Gasteiger partial charge in [-0.05, 0) is 70.0 Å². The first-order chi connectivity index (χ1) is 12.3. The van der Waals surface area contributed by atoms with Crippen LogP contribution in [0.5, 0.6) is 11.5 Å². The molecule has 3 rings (SSSR count). The van der Waals surface area contributed by atoms with Gasteiger partial charge in [0, 0.05) is 28.7 Å². The molecule has 3 aromatic rings. The first-order valence-corrected chi connectivity index (χ1v) is 9.30. The molecule has 0 fully saturated rings. The van der Waals surface area contributed by atoms with Crippen molar-refractivity contribution in [3.8, 4) is 22.6 Å². The van der Waals surface area contributed by atoms with Crippen LogP contribution in [0, 0.1) is 6.92 Å². The first-order valence-electron chi connectivity index (χ1n) is 9.30. The maximum Gasteiger partial charge on any atom is 0.120 e. The minimum atomic E-state index is -0.213. The van der Waals surface area contributed by atoms with Crippen LogP contribution in [0.4, 0.5) is 0 Å². The van der Waals surface area contributed by atoms with E-state index in [1.54, 1.807) is 7.11 Å². The largest absolute Gasteiger partial charge is 0.497 e. The van der Waals surface area contributed by atoms with E-state index in [2.05, 4.69) is 69.5 Å². The summed E-state index contributed by atoms with van der Waals surface area (Å²) in [5.74, 6) is 1.79. The second-order valence-corrected chi connectivity index (χ2v) is 7.73. The summed E-state index contributed by atoms with van der Waals surface area (Å²) in [7, 11) is 1.70. The predicted octanol–water partition coefficient (Wildman–Crippen LogP) is 6.21. The molecule has 138 valence electrons. The highest BCUT2D eigenvalue weighted by Gasteiger charge is 2.18. The van der Waals surface area contributed by atoms with E-state index in [9.17, 15) is 0 Å². The van der Waals surface area contributed by atoms with Crippen LogP contribution in [-0.2, 0) is 6.54 Å². The molecular weight excluding hydrogens is 322 g/mol. The molecule has 0 aliphatic rings. The number of aromatic nitrogens is 1. The Morgan fingerprint density at radius 3 is 2.19 bits per heavy atom. The summed E-state index contributed by atoms with van der Waals surface area (Å²) in [6, 6.07) is 14.8. The van der Waals surface area contributed by atoms with Gasteiger partial charge in [-0.15, -0.1) is 0 Å². The molecule has 1 aromatic heterocycles. The van der Waals surface area contributed by atoms with Gasteiger partial charge in [0.05, 0.1) is 7.11 Å². The summed E-state index contributed by atoms with van der Waals surface area (Å²) in [5, 5.41) is 1.24. The molecule has 3 heteroatoms. The first kappa shape index (κ1) is 18.4. The molecule has 26 heavy (non-hydrogen) atoms. The molecule has 0 saturated heterocycles. The molecule has 0 aliphatic heterocycles. The Balaban J connectivity index is 2.20. The zero-order valence-electron chi connectivity index (χ0n) is 16.7. The molecule has 0 spiro atoms. The SMILES string of the molecule is CCCn1c(C)c(-c2ccc(OC)cc2)c2cc(OC(C)(C)C)ccc21. The summed E-state index contributed by atoms with van der Waals surface area (Å²) in [5.41, 5.74) is 4.82. The summed E-state index contributed by atoms with van der Waals surface area (Å²) >= 11 is 0. The van der Waals surface area contributed by atoms with Crippen LogP contribution >= 0.6 is 0 Å². The number of fused-ring (bicyclic) bond motifs is 1. The predicted molar refractivity (Wildman–Crippen MR) is 109 cm³/mol. The normalized spacial score (nSPS) is 11.8. The Morgan fingerprint density at radius 2 is 1.62 bits per heavy atom. The fraction of sp³-hybridized carbons (Fsp3) is 0.391. The second kappa shape index (κ2) is 7.06. The van der Waals surface area contributed by atoms with Crippen molar-refractivity contribution in [3.05, 3.63) is 48.2 Å². The van der Waals surface area contributed by atoms with Crippen molar-refractivity contribution in [3.63, 3.8) is 0 Å². The Labute approximate surface area is 156 Å². The minimum Gasteiger partial charge on any atom is -0.497 e. The van der Waals surface area contributed by atoms with Crippen LogP contribution in [-0.4, -0.2) is 17.3 Å². The van der Waals surface area contributed by atoms with Crippen LogP contribution < -0.4 is 9.47 Å². The van der Waals surface area contributed by atoms with Gasteiger partial charge < -0.3 is 14.0 Å². The van der Waals surface area contributed by atoms with Crippen LogP contribution in [0.3, 0.4) is 0 Å². The maximum absolute atomic E-state index is 6.12. The van der Waals surface area contributed by atoms with E-state index in [0.29, 0.717) is 0 Å². The molecule has 0 N–H and O–H groups in total. The van der Waals surface area contributed by atoms with Gasteiger partial charge in [0.25, 0.3) is 0 Å². The van der Waals surface area contributed by atoms with E-state index in [-0.39, 0.29) is 5.60 Å². The third-order valence-electron chi connectivity index (χ3n) is 4.54. The Morgan fingerprint density at radius 1 is 0.962 bits per heavy atom. The number of methoxy groups -OCH3 is 1. The average Bonchev–Trinajstić information content (AvgIpc) is 2.85. The van der Waals surface area contributed by atoms with Crippen molar-refractivity contribution in [2.45, 2.75) is 53.2 Å². The van der Waals surface area contributed by atoms with Gasteiger partial charge >= 0.3 is 0 Å². The zero-order chi connectivity index (χ0) is 18.9. The fourth-order valence-electron chi connectivity index (χ4n) is 3.51. The summed E-state index contributed by atoms with van der Waals surface area (Å²) in [4.78, 5) is 0. The average molecular weight is 351 g/mol. The van der Waals surface area contributed by atoms with Gasteiger partial charge in [-0.2, -0.15) is 0 Å². The van der Waals surface area contributed by atoms with Crippen LogP contribution in [0.2, 0.25) is 0 Å². The van der Waals surface area contributed by atoms with Gasteiger partial charge in [-0.1, -0.05) is 19.1 Å².